The molecule has 3 aliphatic rings. The molecular formula is C12H22N2. The summed E-state index contributed by atoms with van der Waals surface area (Å²) in [5.41, 5.74) is 0. The van der Waals surface area contributed by atoms with Gasteiger partial charge in [-0.2, -0.15) is 0 Å². The molecule has 0 amide bonds. The molecule has 80 valence electrons. The van der Waals surface area contributed by atoms with Crippen molar-refractivity contribution in [1.29, 1.82) is 0 Å². The van der Waals surface area contributed by atoms with Crippen LogP contribution in [0.2, 0.25) is 0 Å². The number of nitrogens with zero attached hydrogens (tertiary/aromatic N) is 1. The first-order chi connectivity index (χ1) is 6.83. The molecule has 0 spiro atoms. The van der Waals surface area contributed by atoms with Crippen molar-refractivity contribution in [3.8, 4) is 0 Å². The van der Waals surface area contributed by atoms with Gasteiger partial charge in [-0.05, 0) is 38.0 Å². The Balaban J connectivity index is 1.48. The quantitative estimate of drug-likeness (QED) is 0.734. The third kappa shape index (κ3) is 1.70. The van der Waals surface area contributed by atoms with Gasteiger partial charge < -0.3 is 5.32 Å². The molecule has 1 N–H and O–H groups in total. The fraction of sp³-hybridized carbons (Fsp3) is 1.00. The van der Waals surface area contributed by atoms with E-state index < -0.39 is 0 Å². The van der Waals surface area contributed by atoms with Gasteiger partial charge in [0.1, 0.15) is 0 Å². The summed E-state index contributed by atoms with van der Waals surface area (Å²) in [7, 11) is 0. The van der Waals surface area contributed by atoms with E-state index in [4.69, 9.17) is 0 Å². The molecule has 1 saturated heterocycles. The van der Waals surface area contributed by atoms with Crippen LogP contribution in [0.3, 0.4) is 0 Å². The second-order valence-electron chi connectivity index (χ2n) is 5.54. The third-order valence-electron chi connectivity index (χ3n) is 4.31. The van der Waals surface area contributed by atoms with Crippen LogP contribution >= 0.6 is 0 Å². The third-order valence-corrected chi connectivity index (χ3v) is 4.31. The van der Waals surface area contributed by atoms with Crippen LogP contribution in [0.15, 0.2) is 0 Å². The largest absolute Gasteiger partial charge is 0.310 e. The Morgan fingerprint density at radius 3 is 2.43 bits per heavy atom. The SMILES string of the molecule is CC1CCC1N1CCC(NC2CC2)C1. The molecule has 1 heterocycles. The van der Waals surface area contributed by atoms with Crippen LogP contribution in [0.5, 0.6) is 0 Å². The van der Waals surface area contributed by atoms with Crippen LogP contribution in [0.25, 0.3) is 0 Å². The molecular weight excluding hydrogens is 172 g/mol. The summed E-state index contributed by atoms with van der Waals surface area (Å²) in [6.07, 6.45) is 7.16. The van der Waals surface area contributed by atoms with Crippen molar-refractivity contribution in [3.63, 3.8) is 0 Å². The number of likely N-dealkylation sites (tertiary alicyclic amines) is 1. The average molecular weight is 194 g/mol. The van der Waals surface area contributed by atoms with Gasteiger partial charge in [-0.1, -0.05) is 6.92 Å². The van der Waals surface area contributed by atoms with Crippen molar-refractivity contribution in [2.24, 2.45) is 5.92 Å². The number of hydrogen-bond acceptors (Lipinski definition) is 2. The van der Waals surface area contributed by atoms with E-state index in [1.54, 1.807) is 0 Å². The minimum atomic E-state index is 0.815. The smallest absolute Gasteiger partial charge is 0.0209 e. The summed E-state index contributed by atoms with van der Waals surface area (Å²) in [5, 5.41) is 3.76. The zero-order chi connectivity index (χ0) is 9.54. The first-order valence-electron chi connectivity index (χ1n) is 6.33. The predicted octanol–water partition coefficient (Wildman–Crippen LogP) is 1.61. The van der Waals surface area contributed by atoms with Crippen LogP contribution in [0.1, 0.15) is 39.0 Å². The van der Waals surface area contributed by atoms with E-state index >= 15 is 0 Å². The second-order valence-corrected chi connectivity index (χ2v) is 5.54. The van der Waals surface area contributed by atoms with Crippen molar-refractivity contribution >= 4 is 0 Å². The van der Waals surface area contributed by atoms with Gasteiger partial charge in [0.2, 0.25) is 0 Å². The van der Waals surface area contributed by atoms with Gasteiger partial charge in [-0.3, -0.25) is 4.90 Å². The first kappa shape index (κ1) is 9.17. The molecule has 3 rings (SSSR count). The molecule has 0 bridgehead atoms. The molecule has 0 aromatic heterocycles. The Morgan fingerprint density at radius 2 is 1.86 bits per heavy atom. The fourth-order valence-electron chi connectivity index (χ4n) is 3.00. The van der Waals surface area contributed by atoms with Crippen molar-refractivity contribution in [2.75, 3.05) is 13.1 Å². The van der Waals surface area contributed by atoms with Gasteiger partial charge in [-0.15, -0.1) is 0 Å². The maximum absolute atomic E-state index is 3.76. The van der Waals surface area contributed by atoms with E-state index in [0.29, 0.717) is 0 Å². The van der Waals surface area contributed by atoms with Gasteiger partial charge in [0.25, 0.3) is 0 Å². The van der Waals surface area contributed by atoms with Crippen LogP contribution in [-0.4, -0.2) is 36.1 Å². The highest BCUT2D eigenvalue weighted by molar-refractivity contribution is 4.94. The summed E-state index contributed by atoms with van der Waals surface area (Å²) in [5.74, 6) is 0.967. The van der Waals surface area contributed by atoms with E-state index in [9.17, 15) is 0 Å². The Morgan fingerprint density at radius 1 is 1.00 bits per heavy atom. The van der Waals surface area contributed by atoms with Gasteiger partial charge in [0, 0.05) is 31.2 Å². The van der Waals surface area contributed by atoms with Crippen LogP contribution in [0.4, 0.5) is 0 Å². The molecule has 0 radical (unpaired) electrons. The van der Waals surface area contributed by atoms with E-state index in [0.717, 1.165) is 24.0 Å². The maximum atomic E-state index is 3.76. The summed E-state index contributed by atoms with van der Waals surface area (Å²) in [6, 6.07) is 2.63. The fourth-order valence-corrected chi connectivity index (χ4v) is 3.00. The van der Waals surface area contributed by atoms with Crippen molar-refractivity contribution < 1.29 is 0 Å². The van der Waals surface area contributed by atoms with Crippen LogP contribution < -0.4 is 5.32 Å². The lowest BCUT2D eigenvalue weighted by Crippen LogP contribution is -2.46. The van der Waals surface area contributed by atoms with Crippen molar-refractivity contribution in [1.82, 2.24) is 10.2 Å². The molecule has 3 atom stereocenters. The molecule has 3 unspecified atom stereocenters. The molecule has 2 heteroatoms. The van der Waals surface area contributed by atoms with Gasteiger partial charge >= 0.3 is 0 Å². The summed E-state index contributed by atoms with van der Waals surface area (Å²) >= 11 is 0. The Labute approximate surface area is 87.0 Å². The average Bonchev–Trinajstić information content (AvgIpc) is 2.85. The number of nitrogens with one attached hydrogen (secondary N) is 1. The molecule has 3 fully saturated rings. The molecule has 2 aliphatic carbocycles. The lowest BCUT2D eigenvalue weighted by atomic mass is 9.80. The maximum Gasteiger partial charge on any atom is 0.0209 e. The summed E-state index contributed by atoms with van der Waals surface area (Å²) in [6.45, 7) is 5.08. The van der Waals surface area contributed by atoms with Gasteiger partial charge in [-0.25, -0.2) is 0 Å². The number of hydrogen-bond donors (Lipinski definition) is 1. The molecule has 14 heavy (non-hydrogen) atoms. The zero-order valence-corrected chi connectivity index (χ0v) is 9.21. The zero-order valence-electron chi connectivity index (χ0n) is 9.21. The normalized spacial score (nSPS) is 43.9. The van der Waals surface area contributed by atoms with E-state index in [1.807, 2.05) is 0 Å². The summed E-state index contributed by atoms with van der Waals surface area (Å²) in [4.78, 5) is 2.73. The van der Waals surface area contributed by atoms with Gasteiger partial charge in [0.05, 0.1) is 0 Å². The molecule has 2 nitrogen and oxygen atoms in total. The highest BCUT2D eigenvalue weighted by Crippen LogP contribution is 2.34. The topological polar surface area (TPSA) is 15.3 Å². The molecule has 1 aliphatic heterocycles. The molecule has 0 aromatic carbocycles. The van der Waals surface area contributed by atoms with Crippen LogP contribution in [-0.2, 0) is 0 Å². The minimum Gasteiger partial charge on any atom is -0.310 e. The summed E-state index contributed by atoms with van der Waals surface area (Å²) < 4.78 is 0. The molecule has 0 aromatic rings. The predicted molar refractivity (Wildman–Crippen MR) is 58.3 cm³/mol. The van der Waals surface area contributed by atoms with E-state index in [2.05, 4.69) is 17.1 Å². The lowest BCUT2D eigenvalue weighted by Gasteiger charge is -2.41. The Hall–Kier alpha value is -0.0800. The van der Waals surface area contributed by atoms with E-state index in [1.165, 1.54) is 45.2 Å². The van der Waals surface area contributed by atoms with Crippen molar-refractivity contribution in [2.45, 2.75) is 57.2 Å². The second kappa shape index (κ2) is 3.49. The number of rotatable bonds is 3. The Bertz CT molecular complexity index is 212. The molecule has 2 saturated carbocycles. The minimum absolute atomic E-state index is 0.815. The van der Waals surface area contributed by atoms with Crippen LogP contribution in [0, 0.1) is 5.92 Å². The Kier molecular flexibility index (Phi) is 2.29. The lowest BCUT2D eigenvalue weighted by molar-refractivity contribution is 0.0924. The van der Waals surface area contributed by atoms with Gasteiger partial charge in [0.15, 0.2) is 0 Å². The van der Waals surface area contributed by atoms with Crippen molar-refractivity contribution in [3.05, 3.63) is 0 Å². The highest BCUT2D eigenvalue weighted by Gasteiger charge is 2.37. The highest BCUT2D eigenvalue weighted by atomic mass is 15.2. The standard InChI is InChI=1S/C12H22N2/c1-9-2-5-12(9)14-7-6-11(8-14)13-10-3-4-10/h9-13H,2-8H2,1H3. The van der Waals surface area contributed by atoms with E-state index in [-0.39, 0.29) is 0 Å². The first-order valence-corrected chi connectivity index (χ1v) is 6.33. The monoisotopic (exact) mass is 194 g/mol.